The molecule has 13 aromatic rings. The van der Waals surface area contributed by atoms with Crippen molar-refractivity contribution in [2.24, 2.45) is 0 Å². The van der Waals surface area contributed by atoms with Gasteiger partial charge in [0.05, 0.1) is 16.7 Å². The third-order valence-corrected chi connectivity index (χ3v) is 15.2. The predicted octanol–water partition coefficient (Wildman–Crippen LogP) is 19.1. The van der Waals surface area contributed by atoms with Gasteiger partial charge in [-0.05, 0) is 146 Å². The number of anilines is 3. The van der Waals surface area contributed by atoms with Crippen molar-refractivity contribution >= 4 is 60.8 Å². The van der Waals surface area contributed by atoms with Gasteiger partial charge in [0.1, 0.15) is 11.2 Å². The van der Waals surface area contributed by atoms with Gasteiger partial charge in [-0.2, -0.15) is 0 Å². The van der Waals surface area contributed by atoms with Gasteiger partial charge in [-0.15, -0.1) is 0 Å². The molecule has 2 aromatic heterocycles. The highest BCUT2D eigenvalue weighted by Crippen LogP contribution is 2.52. The Labute approximate surface area is 419 Å². The minimum Gasteiger partial charge on any atom is -0.456 e. The molecule has 11 aromatic carbocycles. The van der Waals surface area contributed by atoms with Crippen molar-refractivity contribution in [3.05, 3.63) is 266 Å². The fourth-order valence-corrected chi connectivity index (χ4v) is 11.7. The number of furan rings is 1. The highest BCUT2D eigenvalue weighted by Gasteiger charge is 2.36. The Morgan fingerprint density at radius 3 is 1.71 bits per heavy atom. The normalized spacial score (nSPS) is 12.7. The minimum absolute atomic E-state index is 0.201. The second kappa shape index (κ2) is 16.5. The number of fused-ring (bicyclic) bond motifs is 9. The summed E-state index contributed by atoms with van der Waals surface area (Å²) in [4.78, 5) is 2.41. The summed E-state index contributed by atoms with van der Waals surface area (Å²) in [5, 5.41) is 4.81. The first kappa shape index (κ1) is 41.8. The highest BCUT2D eigenvalue weighted by molar-refractivity contribution is 6.16. The maximum atomic E-state index is 6.30. The molecule has 0 atom stereocenters. The van der Waals surface area contributed by atoms with Crippen molar-refractivity contribution < 1.29 is 4.42 Å². The molecule has 0 bridgehead atoms. The van der Waals surface area contributed by atoms with Crippen molar-refractivity contribution in [3.63, 3.8) is 0 Å². The van der Waals surface area contributed by atoms with Crippen molar-refractivity contribution in [3.8, 4) is 61.3 Å². The zero-order valence-electron chi connectivity index (χ0n) is 40.1. The van der Waals surface area contributed by atoms with Crippen LogP contribution in [-0.4, -0.2) is 4.57 Å². The van der Waals surface area contributed by atoms with Crippen molar-refractivity contribution in [1.82, 2.24) is 4.57 Å². The molecule has 0 unspecified atom stereocenters. The lowest BCUT2D eigenvalue weighted by Gasteiger charge is -2.28. The second-order valence-corrected chi connectivity index (χ2v) is 19.7. The van der Waals surface area contributed by atoms with E-state index in [1.165, 1.54) is 77.6 Å². The SMILES string of the molecule is CC1(C)c2ccc(-c3ccccc3N(c3ccc(-c4ccccc4)cc3)c3ccc(-c4ccc5c(c4)oc4ccccc45)cc3)cc2-c2ccc(-c3cccc4c3c3ccccc3n4-c3ccccc3)cc21. The van der Waals surface area contributed by atoms with Crippen molar-refractivity contribution in [1.29, 1.82) is 0 Å². The lowest BCUT2D eigenvalue weighted by atomic mass is 9.81. The maximum absolute atomic E-state index is 6.30. The molecule has 0 N–H and O–H groups in total. The van der Waals surface area contributed by atoms with Crippen LogP contribution in [0.15, 0.2) is 259 Å². The van der Waals surface area contributed by atoms with Gasteiger partial charge in [0.25, 0.3) is 0 Å². The standard InChI is InChI=1S/C69H48N2O/c1-69(2)61-41-34-49(42-60(61)56-39-33-50(43-62(56)69)55-23-15-26-65-68(55)59-22-10-13-25-64(59)71(65)51-18-7-4-8-19-51)54-20-9-12-24-63(54)70(52-35-28-46(29-36-52)45-16-5-3-6-17-45)53-37-30-47(31-38-53)48-32-40-58-57-21-11-14-27-66(57)72-67(58)44-48/h3-44H,1-2H3. The molecule has 0 spiro atoms. The lowest BCUT2D eigenvalue weighted by molar-refractivity contribution is 0.660. The van der Waals surface area contributed by atoms with Gasteiger partial charge in [0, 0.05) is 49.6 Å². The van der Waals surface area contributed by atoms with Crippen LogP contribution in [0, 0.1) is 0 Å². The van der Waals surface area contributed by atoms with Crippen molar-refractivity contribution in [2.75, 3.05) is 4.90 Å². The van der Waals surface area contributed by atoms with Gasteiger partial charge >= 0.3 is 0 Å². The van der Waals surface area contributed by atoms with E-state index in [1.807, 2.05) is 12.1 Å². The van der Waals surface area contributed by atoms with Crippen LogP contribution in [0.3, 0.4) is 0 Å². The van der Waals surface area contributed by atoms with E-state index in [0.717, 1.165) is 55.7 Å². The third-order valence-electron chi connectivity index (χ3n) is 15.2. The fraction of sp³-hybridized carbons (Fsp3) is 0.0435. The van der Waals surface area contributed by atoms with E-state index in [4.69, 9.17) is 4.42 Å². The molecule has 0 fully saturated rings. The highest BCUT2D eigenvalue weighted by atomic mass is 16.3. The molecule has 3 heteroatoms. The van der Waals surface area contributed by atoms with Gasteiger partial charge < -0.3 is 13.9 Å². The molecule has 0 saturated heterocycles. The zero-order valence-corrected chi connectivity index (χ0v) is 40.1. The van der Waals surface area contributed by atoms with Crippen LogP contribution >= 0.6 is 0 Å². The van der Waals surface area contributed by atoms with E-state index in [0.29, 0.717) is 0 Å². The van der Waals surface area contributed by atoms with Crippen LogP contribution in [0.2, 0.25) is 0 Å². The smallest absolute Gasteiger partial charge is 0.136 e. The van der Waals surface area contributed by atoms with Crippen LogP contribution in [0.4, 0.5) is 17.1 Å². The van der Waals surface area contributed by atoms with Gasteiger partial charge in [0.15, 0.2) is 0 Å². The van der Waals surface area contributed by atoms with Crippen molar-refractivity contribution in [2.45, 2.75) is 19.3 Å². The Hall–Kier alpha value is -9.18. The van der Waals surface area contributed by atoms with Gasteiger partial charge in [-0.3, -0.25) is 0 Å². The largest absolute Gasteiger partial charge is 0.456 e. The molecule has 0 amide bonds. The third kappa shape index (κ3) is 6.66. The number of aromatic nitrogens is 1. The number of benzene rings is 11. The minimum atomic E-state index is -0.201. The topological polar surface area (TPSA) is 21.3 Å². The first-order chi connectivity index (χ1) is 35.5. The quantitative estimate of drug-likeness (QED) is 0.151. The van der Waals surface area contributed by atoms with Gasteiger partial charge in [0.2, 0.25) is 0 Å². The molecular formula is C69H48N2O. The summed E-state index contributed by atoms with van der Waals surface area (Å²) in [7, 11) is 0. The molecule has 72 heavy (non-hydrogen) atoms. The number of para-hydroxylation sites is 4. The summed E-state index contributed by atoms with van der Waals surface area (Å²) in [5.74, 6) is 0. The van der Waals surface area contributed by atoms with Crippen LogP contribution in [0.5, 0.6) is 0 Å². The van der Waals surface area contributed by atoms with Crippen LogP contribution in [0.1, 0.15) is 25.0 Å². The van der Waals surface area contributed by atoms with E-state index in [9.17, 15) is 0 Å². The van der Waals surface area contributed by atoms with E-state index < -0.39 is 0 Å². The van der Waals surface area contributed by atoms with Crippen LogP contribution in [0.25, 0.3) is 105 Å². The molecule has 1 aliphatic rings. The molecule has 0 saturated carbocycles. The van der Waals surface area contributed by atoms with E-state index >= 15 is 0 Å². The summed E-state index contributed by atoms with van der Waals surface area (Å²) in [6.07, 6.45) is 0. The monoisotopic (exact) mass is 920 g/mol. The predicted molar refractivity (Wildman–Crippen MR) is 302 cm³/mol. The molecule has 1 aliphatic carbocycles. The number of nitrogens with zero attached hydrogens (tertiary/aromatic N) is 2. The number of hydrogen-bond acceptors (Lipinski definition) is 2. The molecular weight excluding hydrogens is 873 g/mol. The maximum Gasteiger partial charge on any atom is 0.136 e. The van der Waals surface area contributed by atoms with E-state index in [2.05, 4.69) is 266 Å². The molecule has 0 aliphatic heterocycles. The molecule has 0 radical (unpaired) electrons. The Morgan fingerprint density at radius 2 is 0.917 bits per heavy atom. The Balaban J connectivity index is 0.864. The Bertz CT molecular complexity index is 4220. The summed E-state index contributed by atoms with van der Waals surface area (Å²) in [6, 6.07) is 92.9. The summed E-state index contributed by atoms with van der Waals surface area (Å²) in [5.41, 5.74) is 23.2. The average Bonchev–Trinajstić information content (AvgIpc) is 4.06. The summed E-state index contributed by atoms with van der Waals surface area (Å²) >= 11 is 0. The second-order valence-electron chi connectivity index (χ2n) is 19.7. The Kier molecular flexibility index (Phi) is 9.56. The summed E-state index contributed by atoms with van der Waals surface area (Å²) in [6.45, 7) is 4.77. The number of hydrogen-bond donors (Lipinski definition) is 0. The van der Waals surface area contributed by atoms with Gasteiger partial charge in [-0.1, -0.05) is 184 Å². The first-order valence-electron chi connectivity index (χ1n) is 24.9. The lowest BCUT2D eigenvalue weighted by Crippen LogP contribution is -2.15. The van der Waals surface area contributed by atoms with E-state index in [-0.39, 0.29) is 5.41 Å². The van der Waals surface area contributed by atoms with Crippen LogP contribution in [-0.2, 0) is 5.41 Å². The first-order valence-corrected chi connectivity index (χ1v) is 24.9. The average molecular weight is 921 g/mol. The summed E-state index contributed by atoms with van der Waals surface area (Å²) < 4.78 is 8.71. The molecule has 3 nitrogen and oxygen atoms in total. The Morgan fingerprint density at radius 1 is 0.347 bits per heavy atom. The van der Waals surface area contributed by atoms with Gasteiger partial charge in [-0.25, -0.2) is 0 Å². The fourth-order valence-electron chi connectivity index (χ4n) is 11.7. The van der Waals surface area contributed by atoms with Crippen LogP contribution < -0.4 is 4.90 Å². The van der Waals surface area contributed by atoms with E-state index in [1.54, 1.807) is 0 Å². The zero-order chi connectivity index (χ0) is 47.9. The molecule has 14 rings (SSSR count). The number of rotatable bonds is 8. The molecule has 2 heterocycles. The molecule has 340 valence electrons.